The Labute approximate surface area is 144 Å². The van der Waals surface area contributed by atoms with Crippen LogP contribution in [0.1, 0.15) is 26.3 Å². The molecule has 2 aromatic rings. The van der Waals surface area contributed by atoms with Crippen LogP contribution in [-0.2, 0) is 11.2 Å². The van der Waals surface area contributed by atoms with E-state index in [9.17, 15) is 4.79 Å². The van der Waals surface area contributed by atoms with Crippen molar-refractivity contribution in [1.29, 1.82) is 0 Å². The molecule has 0 bridgehead atoms. The van der Waals surface area contributed by atoms with Crippen molar-refractivity contribution in [2.45, 2.75) is 32.7 Å². The normalized spacial score (nSPS) is 11.0. The molecule has 1 amide bonds. The number of benzene rings is 2. The van der Waals surface area contributed by atoms with Crippen molar-refractivity contribution in [3.05, 3.63) is 60.2 Å². The topological polar surface area (TPSA) is 50.4 Å². The Morgan fingerprint density at radius 1 is 1.04 bits per heavy atom. The molecule has 0 spiro atoms. The lowest BCUT2D eigenvalue weighted by Crippen LogP contribution is -2.43. The van der Waals surface area contributed by atoms with Crippen LogP contribution in [0.5, 0.6) is 5.75 Å². The summed E-state index contributed by atoms with van der Waals surface area (Å²) in [5.41, 5.74) is 1.91. The van der Waals surface area contributed by atoms with Gasteiger partial charge in [0.25, 0.3) is 0 Å². The van der Waals surface area contributed by atoms with Crippen molar-refractivity contribution in [3.8, 4) is 5.75 Å². The molecule has 0 aliphatic heterocycles. The first-order valence-electron chi connectivity index (χ1n) is 8.24. The van der Waals surface area contributed by atoms with Gasteiger partial charge in [-0.15, -0.1) is 0 Å². The minimum atomic E-state index is -0.221. The number of ether oxygens (including phenoxy) is 1. The molecule has 2 N–H and O–H groups in total. The monoisotopic (exact) mass is 326 g/mol. The van der Waals surface area contributed by atoms with Gasteiger partial charge in [0.05, 0.1) is 13.2 Å². The fourth-order valence-electron chi connectivity index (χ4n) is 2.27. The van der Waals surface area contributed by atoms with E-state index in [4.69, 9.17) is 4.74 Å². The average molecular weight is 326 g/mol. The van der Waals surface area contributed by atoms with E-state index in [2.05, 4.69) is 22.8 Å². The van der Waals surface area contributed by atoms with Crippen LogP contribution in [-0.4, -0.2) is 24.6 Å². The van der Waals surface area contributed by atoms with Crippen LogP contribution >= 0.6 is 0 Å². The summed E-state index contributed by atoms with van der Waals surface area (Å²) < 4.78 is 5.80. The third-order valence-corrected chi connectivity index (χ3v) is 3.30. The lowest BCUT2D eigenvalue weighted by atomic mass is 10.1. The van der Waals surface area contributed by atoms with Crippen molar-refractivity contribution in [3.63, 3.8) is 0 Å². The van der Waals surface area contributed by atoms with Gasteiger partial charge in [0, 0.05) is 23.7 Å². The Kier molecular flexibility index (Phi) is 6.24. The van der Waals surface area contributed by atoms with Gasteiger partial charge in [0.2, 0.25) is 5.91 Å². The SMILES string of the molecule is CC(C)(C)NC(=O)CNc1cccc(OCCc2ccccc2)c1. The average Bonchev–Trinajstić information content (AvgIpc) is 2.53. The number of hydrogen-bond donors (Lipinski definition) is 2. The Bertz CT molecular complexity index is 648. The molecular weight excluding hydrogens is 300 g/mol. The molecule has 4 nitrogen and oxygen atoms in total. The molecule has 0 heterocycles. The van der Waals surface area contributed by atoms with Gasteiger partial charge in [-0.1, -0.05) is 36.4 Å². The number of carbonyl (C=O) groups excluding carboxylic acids is 1. The van der Waals surface area contributed by atoms with E-state index in [1.807, 2.05) is 63.2 Å². The second-order valence-corrected chi connectivity index (χ2v) is 6.76. The van der Waals surface area contributed by atoms with Crippen LogP contribution < -0.4 is 15.4 Å². The fourth-order valence-corrected chi connectivity index (χ4v) is 2.27. The van der Waals surface area contributed by atoms with Crippen LogP contribution in [0.2, 0.25) is 0 Å². The first-order valence-corrected chi connectivity index (χ1v) is 8.24. The Morgan fingerprint density at radius 3 is 2.50 bits per heavy atom. The molecule has 2 rings (SSSR count). The maximum absolute atomic E-state index is 11.8. The van der Waals surface area contributed by atoms with Gasteiger partial charge in [-0.05, 0) is 38.5 Å². The van der Waals surface area contributed by atoms with Crippen LogP contribution in [0.3, 0.4) is 0 Å². The van der Waals surface area contributed by atoms with E-state index >= 15 is 0 Å². The zero-order valence-electron chi connectivity index (χ0n) is 14.6. The van der Waals surface area contributed by atoms with Gasteiger partial charge in [-0.2, -0.15) is 0 Å². The molecule has 24 heavy (non-hydrogen) atoms. The molecule has 128 valence electrons. The predicted molar refractivity (Wildman–Crippen MR) is 98.5 cm³/mol. The summed E-state index contributed by atoms with van der Waals surface area (Å²) in [5.74, 6) is 0.769. The first-order chi connectivity index (χ1) is 11.4. The number of hydrogen-bond acceptors (Lipinski definition) is 3. The summed E-state index contributed by atoms with van der Waals surface area (Å²) in [4.78, 5) is 11.8. The van der Waals surface area contributed by atoms with Gasteiger partial charge in [0.1, 0.15) is 5.75 Å². The molecule has 0 atom stereocenters. The molecule has 0 radical (unpaired) electrons. The molecule has 0 saturated carbocycles. The molecule has 0 fully saturated rings. The molecule has 0 aliphatic rings. The maximum atomic E-state index is 11.8. The standard InChI is InChI=1S/C20H26N2O2/c1-20(2,3)22-19(23)15-21-17-10-7-11-18(14-17)24-13-12-16-8-5-4-6-9-16/h4-11,14,21H,12-13,15H2,1-3H3,(H,22,23). The highest BCUT2D eigenvalue weighted by Gasteiger charge is 2.13. The Morgan fingerprint density at radius 2 is 1.79 bits per heavy atom. The van der Waals surface area contributed by atoms with E-state index in [0.29, 0.717) is 6.61 Å². The molecule has 4 heteroatoms. The van der Waals surface area contributed by atoms with Crippen LogP contribution in [0.25, 0.3) is 0 Å². The molecule has 0 saturated heterocycles. The van der Waals surface area contributed by atoms with E-state index in [0.717, 1.165) is 17.9 Å². The molecular formula is C20H26N2O2. The summed E-state index contributed by atoms with van der Waals surface area (Å²) in [6.45, 7) is 6.76. The van der Waals surface area contributed by atoms with Crippen molar-refractivity contribution < 1.29 is 9.53 Å². The Balaban J connectivity index is 1.79. The summed E-state index contributed by atoms with van der Waals surface area (Å²) in [6.07, 6.45) is 0.868. The minimum absolute atomic E-state index is 0.0297. The van der Waals surface area contributed by atoms with Gasteiger partial charge in [-0.3, -0.25) is 4.79 Å². The Hall–Kier alpha value is -2.49. The third-order valence-electron chi connectivity index (χ3n) is 3.30. The number of rotatable bonds is 7. The quantitative estimate of drug-likeness (QED) is 0.817. The zero-order valence-corrected chi connectivity index (χ0v) is 14.6. The van der Waals surface area contributed by atoms with Crippen molar-refractivity contribution in [2.24, 2.45) is 0 Å². The van der Waals surface area contributed by atoms with Crippen molar-refractivity contribution in [1.82, 2.24) is 5.32 Å². The number of nitrogens with one attached hydrogen (secondary N) is 2. The van der Waals surface area contributed by atoms with Crippen LogP contribution in [0.15, 0.2) is 54.6 Å². The molecule has 0 aromatic heterocycles. The fraction of sp³-hybridized carbons (Fsp3) is 0.350. The highest BCUT2D eigenvalue weighted by molar-refractivity contribution is 5.81. The number of carbonyl (C=O) groups is 1. The summed E-state index contributed by atoms with van der Waals surface area (Å²) in [5, 5.41) is 6.05. The van der Waals surface area contributed by atoms with Gasteiger partial charge >= 0.3 is 0 Å². The highest BCUT2D eigenvalue weighted by atomic mass is 16.5. The summed E-state index contributed by atoms with van der Waals surface area (Å²) in [6, 6.07) is 17.9. The first kappa shape index (κ1) is 17.9. The van der Waals surface area contributed by atoms with Crippen LogP contribution in [0, 0.1) is 0 Å². The van der Waals surface area contributed by atoms with E-state index in [1.165, 1.54) is 5.56 Å². The summed E-state index contributed by atoms with van der Waals surface area (Å²) >= 11 is 0. The minimum Gasteiger partial charge on any atom is -0.493 e. The third kappa shape index (κ3) is 6.73. The van der Waals surface area contributed by atoms with Crippen LogP contribution in [0.4, 0.5) is 5.69 Å². The van der Waals surface area contributed by atoms with Gasteiger partial charge < -0.3 is 15.4 Å². The second kappa shape index (κ2) is 8.39. The van der Waals surface area contributed by atoms with E-state index in [-0.39, 0.29) is 18.0 Å². The highest BCUT2D eigenvalue weighted by Crippen LogP contribution is 2.17. The largest absolute Gasteiger partial charge is 0.493 e. The zero-order chi connectivity index (χ0) is 17.4. The number of anilines is 1. The van der Waals surface area contributed by atoms with E-state index < -0.39 is 0 Å². The van der Waals surface area contributed by atoms with Gasteiger partial charge in [-0.25, -0.2) is 0 Å². The molecule has 2 aromatic carbocycles. The predicted octanol–water partition coefficient (Wildman–Crippen LogP) is 3.63. The number of amides is 1. The lowest BCUT2D eigenvalue weighted by Gasteiger charge is -2.20. The summed E-state index contributed by atoms with van der Waals surface area (Å²) in [7, 11) is 0. The lowest BCUT2D eigenvalue weighted by molar-refractivity contribution is -0.120. The second-order valence-electron chi connectivity index (χ2n) is 6.76. The molecule has 0 unspecified atom stereocenters. The smallest absolute Gasteiger partial charge is 0.239 e. The van der Waals surface area contributed by atoms with E-state index in [1.54, 1.807) is 0 Å². The van der Waals surface area contributed by atoms with Gasteiger partial charge in [0.15, 0.2) is 0 Å². The van der Waals surface area contributed by atoms with Crippen molar-refractivity contribution >= 4 is 11.6 Å². The maximum Gasteiger partial charge on any atom is 0.239 e. The molecule has 0 aliphatic carbocycles. The van der Waals surface area contributed by atoms with Crippen molar-refractivity contribution in [2.75, 3.05) is 18.5 Å².